The number of halogens is 2. The minimum absolute atomic E-state index is 0.148. The molecule has 0 heterocycles. The van der Waals surface area contributed by atoms with Gasteiger partial charge in [-0.1, -0.05) is 26.8 Å². The zero-order valence-electron chi connectivity index (χ0n) is 9.35. The van der Waals surface area contributed by atoms with Crippen LogP contribution >= 0.6 is 22.6 Å². The van der Waals surface area contributed by atoms with E-state index in [1.807, 2.05) is 34.7 Å². The molecule has 15 heavy (non-hydrogen) atoms. The Bertz CT molecular complexity index is 351. The fourth-order valence-corrected chi connectivity index (χ4v) is 1.87. The van der Waals surface area contributed by atoms with Gasteiger partial charge in [0.15, 0.2) is 0 Å². The topological polar surface area (TPSA) is 26.0 Å². The SMILES string of the molecule is CC(C)C(C)(CN)c1ccc(I)c(F)c1. The molecule has 3 heteroatoms. The summed E-state index contributed by atoms with van der Waals surface area (Å²) in [5, 5.41) is 0. The largest absolute Gasteiger partial charge is 0.330 e. The van der Waals surface area contributed by atoms with E-state index in [2.05, 4.69) is 20.8 Å². The highest BCUT2D eigenvalue weighted by Crippen LogP contribution is 2.31. The molecule has 0 fully saturated rings. The molecule has 0 saturated carbocycles. The van der Waals surface area contributed by atoms with Gasteiger partial charge in [0.25, 0.3) is 0 Å². The highest BCUT2D eigenvalue weighted by atomic mass is 127. The van der Waals surface area contributed by atoms with Crippen molar-refractivity contribution in [2.75, 3.05) is 6.54 Å². The summed E-state index contributed by atoms with van der Waals surface area (Å²) in [7, 11) is 0. The molecule has 1 rings (SSSR count). The number of hydrogen-bond acceptors (Lipinski definition) is 1. The minimum atomic E-state index is -0.159. The fraction of sp³-hybridized carbons (Fsp3) is 0.500. The fourth-order valence-electron chi connectivity index (χ4n) is 1.54. The second-order valence-corrected chi connectivity index (χ2v) is 5.57. The standard InChI is InChI=1S/C12H17FIN/c1-8(2)12(3,7-15)9-4-5-11(14)10(13)6-9/h4-6,8H,7,15H2,1-3H3. The van der Waals surface area contributed by atoms with Gasteiger partial charge in [-0.3, -0.25) is 0 Å². The van der Waals surface area contributed by atoms with Gasteiger partial charge >= 0.3 is 0 Å². The third-order valence-electron chi connectivity index (χ3n) is 3.28. The molecule has 0 aliphatic carbocycles. The summed E-state index contributed by atoms with van der Waals surface area (Å²) in [4.78, 5) is 0. The molecule has 0 aliphatic rings. The molecule has 2 N–H and O–H groups in total. The van der Waals surface area contributed by atoms with Crippen LogP contribution < -0.4 is 5.73 Å². The first-order valence-electron chi connectivity index (χ1n) is 5.07. The van der Waals surface area contributed by atoms with Crippen LogP contribution in [0.4, 0.5) is 4.39 Å². The Balaban J connectivity index is 3.19. The summed E-state index contributed by atoms with van der Waals surface area (Å²) in [6.45, 7) is 6.84. The summed E-state index contributed by atoms with van der Waals surface area (Å²) < 4.78 is 14.1. The van der Waals surface area contributed by atoms with Crippen molar-refractivity contribution >= 4 is 22.6 Å². The van der Waals surface area contributed by atoms with Crippen LogP contribution in [0.5, 0.6) is 0 Å². The Labute approximate surface area is 104 Å². The van der Waals surface area contributed by atoms with Crippen molar-refractivity contribution < 1.29 is 4.39 Å². The lowest BCUT2D eigenvalue weighted by Gasteiger charge is -2.33. The molecule has 1 nitrogen and oxygen atoms in total. The highest BCUT2D eigenvalue weighted by Gasteiger charge is 2.29. The van der Waals surface area contributed by atoms with E-state index in [1.165, 1.54) is 0 Å². The molecule has 1 aromatic carbocycles. The molecule has 0 spiro atoms. The predicted molar refractivity (Wildman–Crippen MR) is 70.4 cm³/mol. The number of rotatable bonds is 3. The van der Waals surface area contributed by atoms with Gasteiger partial charge < -0.3 is 5.73 Å². The van der Waals surface area contributed by atoms with Gasteiger partial charge in [0.2, 0.25) is 0 Å². The van der Waals surface area contributed by atoms with Crippen molar-refractivity contribution in [3.05, 3.63) is 33.1 Å². The summed E-state index contributed by atoms with van der Waals surface area (Å²) >= 11 is 1.99. The van der Waals surface area contributed by atoms with Gasteiger partial charge in [-0.15, -0.1) is 0 Å². The monoisotopic (exact) mass is 321 g/mol. The van der Waals surface area contributed by atoms with Crippen LogP contribution in [0.2, 0.25) is 0 Å². The molecule has 0 amide bonds. The van der Waals surface area contributed by atoms with Gasteiger partial charge in [-0.05, 0) is 46.2 Å². The molecule has 1 atom stereocenters. The van der Waals surface area contributed by atoms with Gasteiger partial charge in [-0.2, -0.15) is 0 Å². The van der Waals surface area contributed by atoms with Crippen molar-refractivity contribution in [2.45, 2.75) is 26.2 Å². The van der Waals surface area contributed by atoms with Crippen LogP contribution in [0.15, 0.2) is 18.2 Å². The van der Waals surface area contributed by atoms with Crippen LogP contribution in [-0.2, 0) is 5.41 Å². The summed E-state index contributed by atoms with van der Waals surface area (Å²) in [5.74, 6) is 0.232. The summed E-state index contributed by atoms with van der Waals surface area (Å²) in [5.41, 5.74) is 6.64. The molecule has 1 unspecified atom stereocenters. The Morgan fingerprint density at radius 1 is 1.47 bits per heavy atom. The Kier molecular flexibility index (Phi) is 4.12. The van der Waals surface area contributed by atoms with Crippen molar-refractivity contribution in [2.24, 2.45) is 11.7 Å². The quantitative estimate of drug-likeness (QED) is 0.850. The molecule has 0 radical (unpaired) electrons. The van der Waals surface area contributed by atoms with Crippen LogP contribution in [0.3, 0.4) is 0 Å². The Morgan fingerprint density at radius 3 is 2.47 bits per heavy atom. The molecular weight excluding hydrogens is 304 g/mol. The second-order valence-electron chi connectivity index (χ2n) is 4.41. The summed E-state index contributed by atoms with van der Waals surface area (Å²) in [6, 6.07) is 5.38. The van der Waals surface area contributed by atoms with E-state index < -0.39 is 0 Å². The maximum Gasteiger partial charge on any atom is 0.136 e. The predicted octanol–water partition coefficient (Wildman–Crippen LogP) is 3.30. The van der Waals surface area contributed by atoms with Crippen molar-refractivity contribution in [3.63, 3.8) is 0 Å². The van der Waals surface area contributed by atoms with Gasteiger partial charge in [0, 0.05) is 15.5 Å². The maximum absolute atomic E-state index is 13.5. The van der Waals surface area contributed by atoms with E-state index in [-0.39, 0.29) is 11.2 Å². The first-order valence-corrected chi connectivity index (χ1v) is 6.15. The van der Waals surface area contributed by atoms with E-state index in [0.29, 0.717) is 16.0 Å². The molecule has 0 aliphatic heterocycles. The average Bonchev–Trinajstić information content (AvgIpc) is 2.20. The first kappa shape index (κ1) is 12.9. The minimum Gasteiger partial charge on any atom is -0.330 e. The van der Waals surface area contributed by atoms with Gasteiger partial charge in [0.1, 0.15) is 5.82 Å². The summed E-state index contributed by atoms with van der Waals surface area (Å²) in [6.07, 6.45) is 0. The normalized spacial score (nSPS) is 15.4. The first-order chi connectivity index (χ1) is 6.91. The van der Waals surface area contributed by atoms with E-state index in [4.69, 9.17) is 5.73 Å². The molecule has 1 aromatic rings. The van der Waals surface area contributed by atoms with E-state index in [0.717, 1.165) is 5.56 Å². The number of benzene rings is 1. The van der Waals surface area contributed by atoms with E-state index in [1.54, 1.807) is 6.07 Å². The zero-order valence-corrected chi connectivity index (χ0v) is 11.5. The lowest BCUT2D eigenvalue weighted by molar-refractivity contribution is 0.346. The van der Waals surface area contributed by atoms with Crippen LogP contribution in [0.1, 0.15) is 26.3 Å². The van der Waals surface area contributed by atoms with Crippen molar-refractivity contribution in [1.29, 1.82) is 0 Å². The lowest BCUT2D eigenvalue weighted by atomic mass is 9.73. The van der Waals surface area contributed by atoms with E-state index in [9.17, 15) is 4.39 Å². The van der Waals surface area contributed by atoms with E-state index >= 15 is 0 Å². The molecule has 84 valence electrons. The van der Waals surface area contributed by atoms with Gasteiger partial charge in [0.05, 0.1) is 0 Å². The Hall–Kier alpha value is -0.160. The third kappa shape index (κ3) is 2.50. The maximum atomic E-state index is 13.5. The van der Waals surface area contributed by atoms with Crippen molar-refractivity contribution in [3.8, 4) is 0 Å². The average molecular weight is 321 g/mol. The molecule has 0 aromatic heterocycles. The van der Waals surface area contributed by atoms with Gasteiger partial charge in [-0.25, -0.2) is 4.39 Å². The molecule has 0 saturated heterocycles. The number of hydrogen-bond donors (Lipinski definition) is 1. The zero-order chi connectivity index (χ0) is 11.6. The third-order valence-corrected chi connectivity index (χ3v) is 4.15. The molecular formula is C12H17FIN. The number of nitrogens with two attached hydrogens (primary N) is 1. The molecule has 0 bridgehead atoms. The highest BCUT2D eigenvalue weighted by molar-refractivity contribution is 14.1. The van der Waals surface area contributed by atoms with Crippen LogP contribution in [0, 0.1) is 15.3 Å². The second kappa shape index (κ2) is 4.78. The van der Waals surface area contributed by atoms with Crippen molar-refractivity contribution in [1.82, 2.24) is 0 Å². The lowest BCUT2D eigenvalue weighted by Crippen LogP contribution is -2.37. The van der Waals surface area contributed by atoms with Crippen LogP contribution in [0.25, 0.3) is 0 Å². The van der Waals surface area contributed by atoms with Crippen LogP contribution in [-0.4, -0.2) is 6.54 Å². The Morgan fingerprint density at radius 2 is 2.07 bits per heavy atom. The smallest absolute Gasteiger partial charge is 0.136 e.